The van der Waals surface area contributed by atoms with Gasteiger partial charge >= 0.3 is 0 Å². The van der Waals surface area contributed by atoms with Gasteiger partial charge in [-0.15, -0.1) is 0 Å². The van der Waals surface area contributed by atoms with E-state index in [9.17, 15) is 14.9 Å². The van der Waals surface area contributed by atoms with Gasteiger partial charge in [-0.2, -0.15) is 0 Å². The van der Waals surface area contributed by atoms with Crippen molar-refractivity contribution in [2.75, 3.05) is 6.54 Å². The molecule has 1 amide bonds. The second kappa shape index (κ2) is 5.17. The smallest absolute Gasteiger partial charge is 0.287 e. The molecule has 86 valence electrons. The van der Waals surface area contributed by atoms with Crippen LogP contribution in [0.1, 0.15) is 17.4 Å². The van der Waals surface area contributed by atoms with E-state index in [4.69, 9.17) is 5.11 Å². The van der Waals surface area contributed by atoms with Crippen molar-refractivity contribution in [2.24, 2.45) is 0 Å². The minimum Gasteiger partial charge on any atom is -0.392 e. The van der Waals surface area contributed by atoms with E-state index in [2.05, 4.69) is 10.3 Å². The molecule has 0 saturated heterocycles. The van der Waals surface area contributed by atoms with Gasteiger partial charge in [0.05, 0.1) is 11.0 Å². The summed E-state index contributed by atoms with van der Waals surface area (Å²) in [7, 11) is 0. The van der Waals surface area contributed by atoms with Gasteiger partial charge in [0.15, 0.2) is 0 Å². The Morgan fingerprint density at radius 2 is 2.38 bits per heavy atom. The molecule has 16 heavy (non-hydrogen) atoms. The molecule has 1 unspecified atom stereocenters. The summed E-state index contributed by atoms with van der Waals surface area (Å²) in [5.41, 5.74) is -0.0988. The first-order valence-corrected chi connectivity index (χ1v) is 4.57. The molecule has 0 aliphatic heterocycles. The van der Waals surface area contributed by atoms with Crippen LogP contribution in [0.4, 0.5) is 5.69 Å². The lowest BCUT2D eigenvalue weighted by atomic mass is 10.3. The highest BCUT2D eigenvalue weighted by Gasteiger charge is 2.10. The molecule has 1 heterocycles. The van der Waals surface area contributed by atoms with E-state index in [-0.39, 0.29) is 17.9 Å². The largest absolute Gasteiger partial charge is 0.392 e. The number of nitro groups is 1. The predicted octanol–water partition coefficient (Wildman–Crippen LogP) is 0.100. The summed E-state index contributed by atoms with van der Waals surface area (Å²) in [6.07, 6.45) is 0.360. The second-order valence-corrected chi connectivity index (χ2v) is 3.22. The highest BCUT2D eigenvalue weighted by atomic mass is 16.6. The normalized spacial score (nSPS) is 11.9. The molecule has 7 heteroatoms. The van der Waals surface area contributed by atoms with E-state index < -0.39 is 16.9 Å². The second-order valence-electron chi connectivity index (χ2n) is 3.22. The number of hydrogen-bond acceptors (Lipinski definition) is 5. The highest BCUT2D eigenvalue weighted by molar-refractivity contribution is 5.92. The molecule has 0 spiro atoms. The summed E-state index contributed by atoms with van der Waals surface area (Å²) >= 11 is 0. The van der Waals surface area contributed by atoms with Crippen LogP contribution in [0.2, 0.25) is 0 Å². The molecule has 1 atom stereocenters. The molecule has 0 radical (unpaired) electrons. The van der Waals surface area contributed by atoms with E-state index in [0.717, 1.165) is 6.20 Å². The minimum absolute atomic E-state index is 0.0752. The number of aromatic nitrogens is 1. The predicted molar refractivity (Wildman–Crippen MR) is 54.9 cm³/mol. The average molecular weight is 225 g/mol. The van der Waals surface area contributed by atoms with Crippen LogP contribution < -0.4 is 5.32 Å². The topological polar surface area (TPSA) is 105 Å². The molecule has 7 nitrogen and oxygen atoms in total. The Balaban J connectivity index is 2.67. The van der Waals surface area contributed by atoms with Crippen molar-refractivity contribution in [3.8, 4) is 0 Å². The molecule has 1 rings (SSSR count). The Labute approximate surface area is 91.3 Å². The first-order valence-electron chi connectivity index (χ1n) is 4.57. The number of hydrogen-bond donors (Lipinski definition) is 2. The first-order chi connectivity index (χ1) is 7.50. The summed E-state index contributed by atoms with van der Waals surface area (Å²) in [6.45, 7) is 1.64. The van der Waals surface area contributed by atoms with Crippen molar-refractivity contribution in [3.63, 3.8) is 0 Å². The van der Waals surface area contributed by atoms with Crippen LogP contribution in [0, 0.1) is 10.1 Å². The number of amides is 1. The van der Waals surface area contributed by atoms with Crippen LogP contribution in [0.15, 0.2) is 18.3 Å². The molecule has 0 aliphatic carbocycles. The quantitative estimate of drug-likeness (QED) is 0.558. The number of aliphatic hydroxyl groups is 1. The zero-order valence-corrected chi connectivity index (χ0v) is 8.58. The molecular formula is C9H11N3O4. The molecule has 0 aliphatic rings. The number of pyridine rings is 1. The third kappa shape index (κ3) is 3.28. The molecule has 0 aromatic carbocycles. The number of nitrogens with one attached hydrogen (secondary N) is 1. The average Bonchev–Trinajstić information content (AvgIpc) is 2.26. The lowest BCUT2D eigenvalue weighted by Gasteiger charge is -2.05. The molecule has 0 saturated carbocycles. The van der Waals surface area contributed by atoms with Crippen LogP contribution in [0.25, 0.3) is 0 Å². The molecule has 0 fully saturated rings. The van der Waals surface area contributed by atoms with Gasteiger partial charge in [-0.3, -0.25) is 14.9 Å². The van der Waals surface area contributed by atoms with Crippen LogP contribution in [-0.4, -0.2) is 33.6 Å². The van der Waals surface area contributed by atoms with Crippen LogP contribution in [0.5, 0.6) is 0 Å². The summed E-state index contributed by atoms with van der Waals surface area (Å²) in [5.74, 6) is -0.476. The van der Waals surface area contributed by atoms with E-state index >= 15 is 0 Å². The summed E-state index contributed by atoms with van der Waals surface area (Å²) in [4.78, 5) is 24.8. The van der Waals surface area contributed by atoms with Gasteiger partial charge in [-0.25, -0.2) is 4.98 Å². The van der Waals surface area contributed by atoms with E-state index in [1.807, 2.05) is 0 Å². The number of aliphatic hydroxyl groups excluding tert-OH is 1. The minimum atomic E-state index is -0.651. The lowest BCUT2D eigenvalue weighted by Crippen LogP contribution is -2.31. The van der Waals surface area contributed by atoms with E-state index in [0.29, 0.717) is 0 Å². The number of carbonyl (C=O) groups is 1. The Kier molecular flexibility index (Phi) is 3.90. The Hall–Kier alpha value is -2.02. The van der Waals surface area contributed by atoms with Crippen molar-refractivity contribution < 1.29 is 14.8 Å². The summed E-state index contributed by atoms with van der Waals surface area (Å²) < 4.78 is 0. The zero-order valence-electron chi connectivity index (χ0n) is 8.58. The monoisotopic (exact) mass is 225 g/mol. The van der Waals surface area contributed by atoms with Crippen molar-refractivity contribution in [2.45, 2.75) is 13.0 Å². The summed E-state index contributed by atoms with van der Waals surface area (Å²) in [5, 5.41) is 21.7. The van der Waals surface area contributed by atoms with Crippen LogP contribution in [0.3, 0.4) is 0 Å². The van der Waals surface area contributed by atoms with Crippen molar-refractivity contribution >= 4 is 11.6 Å². The molecule has 1 aromatic heterocycles. The van der Waals surface area contributed by atoms with Gasteiger partial charge in [0.1, 0.15) is 11.9 Å². The van der Waals surface area contributed by atoms with Gasteiger partial charge < -0.3 is 10.4 Å². The third-order valence-corrected chi connectivity index (χ3v) is 1.75. The number of carbonyl (C=O) groups excluding carboxylic acids is 1. The molecule has 1 aromatic rings. The SMILES string of the molecule is CC(O)CNC(=O)c1ccc([N+](=O)[O-])cn1. The Bertz CT molecular complexity index is 388. The van der Waals surface area contributed by atoms with Gasteiger partial charge in [0.25, 0.3) is 11.6 Å². The van der Waals surface area contributed by atoms with Crippen molar-refractivity contribution in [1.82, 2.24) is 10.3 Å². The van der Waals surface area contributed by atoms with Gasteiger partial charge in [0, 0.05) is 12.6 Å². The fraction of sp³-hybridized carbons (Fsp3) is 0.333. The molecule has 2 N–H and O–H groups in total. The van der Waals surface area contributed by atoms with Gasteiger partial charge in [-0.05, 0) is 13.0 Å². The zero-order chi connectivity index (χ0) is 12.1. The fourth-order valence-corrected chi connectivity index (χ4v) is 0.959. The Morgan fingerprint density at radius 3 is 2.81 bits per heavy atom. The molecular weight excluding hydrogens is 214 g/mol. The van der Waals surface area contributed by atoms with Crippen molar-refractivity contribution in [1.29, 1.82) is 0 Å². The fourth-order valence-electron chi connectivity index (χ4n) is 0.959. The number of nitrogens with zero attached hydrogens (tertiary/aromatic N) is 2. The van der Waals surface area contributed by atoms with Crippen LogP contribution >= 0.6 is 0 Å². The highest BCUT2D eigenvalue weighted by Crippen LogP contribution is 2.08. The van der Waals surface area contributed by atoms with Crippen molar-refractivity contribution in [3.05, 3.63) is 34.1 Å². The molecule has 0 bridgehead atoms. The number of rotatable bonds is 4. The summed E-state index contributed by atoms with van der Waals surface area (Å²) in [6, 6.07) is 2.46. The first kappa shape index (κ1) is 12.1. The van der Waals surface area contributed by atoms with Crippen LogP contribution in [-0.2, 0) is 0 Å². The lowest BCUT2D eigenvalue weighted by molar-refractivity contribution is -0.385. The third-order valence-electron chi connectivity index (χ3n) is 1.75. The maximum Gasteiger partial charge on any atom is 0.287 e. The maximum atomic E-state index is 11.4. The van der Waals surface area contributed by atoms with Gasteiger partial charge in [0.2, 0.25) is 0 Å². The maximum absolute atomic E-state index is 11.4. The Morgan fingerprint density at radius 1 is 1.69 bits per heavy atom. The van der Waals surface area contributed by atoms with Gasteiger partial charge in [-0.1, -0.05) is 0 Å². The standard InChI is InChI=1S/C9H11N3O4/c1-6(13)4-11-9(14)8-3-2-7(5-10-8)12(15)16/h2-3,5-6,13H,4H2,1H3,(H,11,14). The van der Waals surface area contributed by atoms with E-state index in [1.54, 1.807) is 0 Å². The van der Waals surface area contributed by atoms with E-state index in [1.165, 1.54) is 19.1 Å².